The van der Waals surface area contributed by atoms with Gasteiger partial charge >= 0.3 is 0 Å². The minimum atomic E-state index is -0.285. The fourth-order valence-corrected chi connectivity index (χ4v) is 3.56. The van der Waals surface area contributed by atoms with E-state index in [1.165, 1.54) is 7.11 Å². The Balaban J connectivity index is 1.68. The van der Waals surface area contributed by atoms with E-state index in [1.807, 2.05) is 6.07 Å². The molecule has 0 aliphatic carbocycles. The highest BCUT2D eigenvalue weighted by Gasteiger charge is 2.22. The maximum Gasteiger partial charge on any atom is 0.258 e. The van der Waals surface area contributed by atoms with E-state index in [0.29, 0.717) is 52.8 Å². The molecule has 1 N–H and O–H groups in total. The summed E-state index contributed by atoms with van der Waals surface area (Å²) in [4.78, 5) is 30.6. The normalized spacial score (nSPS) is 12.1. The first-order valence-corrected chi connectivity index (χ1v) is 10.00. The fraction of sp³-hybridized carbons (Fsp3) is 0.304. The van der Waals surface area contributed by atoms with Gasteiger partial charge in [0.15, 0.2) is 11.5 Å². The Morgan fingerprint density at radius 3 is 2.56 bits per heavy atom. The summed E-state index contributed by atoms with van der Waals surface area (Å²) in [5.74, 6) is 1.88. The number of nitrogens with zero attached hydrogens (tertiary/aromatic N) is 1. The van der Waals surface area contributed by atoms with Crippen molar-refractivity contribution in [1.82, 2.24) is 9.88 Å². The highest BCUT2D eigenvalue weighted by atomic mass is 16.7. The summed E-state index contributed by atoms with van der Waals surface area (Å²) in [6.07, 6.45) is 0. The van der Waals surface area contributed by atoms with E-state index >= 15 is 0 Å². The Bertz CT molecular complexity index is 1200. The molecule has 0 saturated heterocycles. The van der Waals surface area contributed by atoms with Gasteiger partial charge in [0.05, 0.1) is 38.5 Å². The zero-order valence-corrected chi connectivity index (χ0v) is 18.1. The molecule has 3 aromatic rings. The van der Waals surface area contributed by atoms with E-state index in [2.05, 4.69) is 4.98 Å². The lowest BCUT2D eigenvalue weighted by molar-refractivity contribution is 0.0676. The van der Waals surface area contributed by atoms with E-state index in [4.69, 9.17) is 23.7 Å². The molecule has 1 amide bonds. The van der Waals surface area contributed by atoms with Gasteiger partial charge in [-0.1, -0.05) is 0 Å². The monoisotopic (exact) mass is 440 g/mol. The molecule has 0 atom stereocenters. The molecule has 2 heterocycles. The van der Waals surface area contributed by atoms with Crippen molar-refractivity contribution in [3.63, 3.8) is 0 Å². The lowest BCUT2D eigenvalue weighted by Crippen LogP contribution is -2.35. The number of aromatic amines is 1. The van der Waals surface area contributed by atoms with Gasteiger partial charge in [0.25, 0.3) is 11.5 Å². The number of carbonyl (C=O) groups excluding carboxylic acids is 1. The van der Waals surface area contributed by atoms with Gasteiger partial charge in [-0.05, 0) is 24.3 Å². The van der Waals surface area contributed by atoms with Crippen LogP contribution < -0.4 is 24.5 Å². The van der Waals surface area contributed by atoms with Crippen molar-refractivity contribution in [3.05, 3.63) is 57.9 Å². The summed E-state index contributed by atoms with van der Waals surface area (Å²) >= 11 is 0. The van der Waals surface area contributed by atoms with Crippen molar-refractivity contribution in [1.29, 1.82) is 0 Å². The van der Waals surface area contributed by atoms with Gasteiger partial charge in [0.1, 0.15) is 11.5 Å². The average Bonchev–Trinajstić information content (AvgIpc) is 3.26. The molecule has 1 aliphatic heterocycles. The minimum absolute atomic E-state index is 0.0943. The third-order valence-electron chi connectivity index (χ3n) is 5.27. The van der Waals surface area contributed by atoms with Crippen LogP contribution in [0.4, 0.5) is 0 Å². The van der Waals surface area contributed by atoms with Crippen molar-refractivity contribution in [2.75, 3.05) is 41.3 Å². The van der Waals surface area contributed by atoms with Crippen LogP contribution in [0.5, 0.6) is 23.0 Å². The molecule has 1 aromatic heterocycles. The molecule has 0 saturated carbocycles. The molecule has 4 rings (SSSR count). The molecule has 1 aliphatic rings. The Labute approximate surface area is 184 Å². The number of benzene rings is 2. The van der Waals surface area contributed by atoms with Crippen LogP contribution >= 0.6 is 0 Å². The number of ether oxygens (including phenoxy) is 5. The summed E-state index contributed by atoms with van der Waals surface area (Å²) in [6, 6.07) is 10.3. The summed E-state index contributed by atoms with van der Waals surface area (Å²) in [7, 11) is 4.59. The van der Waals surface area contributed by atoms with Crippen LogP contribution in [0.3, 0.4) is 0 Å². The van der Waals surface area contributed by atoms with Gasteiger partial charge in [-0.3, -0.25) is 9.59 Å². The average molecular weight is 440 g/mol. The second-order valence-electron chi connectivity index (χ2n) is 7.20. The van der Waals surface area contributed by atoms with Crippen LogP contribution in [0.15, 0.2) is 41.2 Å². The molecule has 0 fully saturated rings. The number of fused-ring (bicyclic) bond motifs is 2. The molecule has 0 bridgehead atoms. The Hall–Kier alpha value is -3.72. The first-order chi connectivity index (χ1) is 15.5. The molecule has 9 heteroatoms. The zero-order valence-electron chi connectivity index (χ0n) is 18.1. The van der Waals surface area contributed by atoms with Crippen molar-refractivity contribution >= 4 is 16.8 Å². The van der Waals surface area contributed by atoms with Gasteiger partial charge < -0.3 is 33.6 Å². The second kappa shape index (κ2) is 9.19. The number of hydrogen-bond acceptors (Lipinski definition) is 7. The number of hydrogen-bond donors (Lipinski definition) is 1. The minimum Gasteiger partial charge on any atom is -0.497 e. The number of rotatable bonds is 8. The van der Waals surface area contributed by atoms with Crippen LogP contribution in [0.25, 0.3) is 10.9 Å². The maximum atomic E-state index is 13.4. The van der Waals surface area contributed by atoms with Gasteiger partial charge in [0.2, 0.25) is 6.79 Å². The number of methoxy groups -OCH3 is 3. The number of pyridine rings is 1. The topological polar surface area (TPSA) is 99.3 Å². The predicted molar refractivity (Wildman–Crippen MR) is 117 cm³/mol. The van der Waals surface area contributed by atoms with Gasteiger partial charge in [-0.2, -0.15) is 0 Å². The molecule has 0 unspecified atom stereocenters. The number of H-pyrrole nitrogens is 1. The molecule has 168 valence electrons. The number of carbonyl (C=O) groups is 1. The summed E-state index contributed by atoms with van der Waals surface area (Å²) in [5.41, 5.74) is 1.15. The van der Waals surface area contributed by atoms with Crippen molar-refractivity contribution in [3.8, 4) is 23.0 Å². The zero-order chi connectivity index (χ0) is 22.7. The highest BCUT2D eigenvalue weighted by Crippen LogP contribution is 2.35. The van der Waals surface area contributed by atoms with E-state index < -0.39 is 0 Å². The number of amides is 1. The van der Waals surface area contributed by atoms with Gasteiger partial charge in [-0.25, -0.2) is 0 Å². The van der Waals surface area contributed by atoms with E-state index in [9.17, 15) is 9.59 Å². The predicted octanol–water partition coefficient (Wildman–Crippen LogP) is 2.56. The van der Waals surface area contributed by atoms with Crippen LogP contribution in [0, 0.1) is 0 Å². The van der Waals surface area contributed by atoms with Crippen LogP contribution in [-0.2, 0) is 11.3 Å². The third kappa shape index (κ3) is 4.19. The van der Waals surface area contributed by atoms with Crippen LogP contribution in [0.1, 0.15) is 15.9 Å². The first kappa shape index (κ1) is 21.5. The van der Waals surface area contributed by atoms with Gasteiger partial charge in [0, 0.05) is 36.7 Å². The van der Waals surface area contributed by atoms with Crippen molar-refractivity contribution in [2.45, 2.75) is 6.54 Å². The number of nitrogens with one attached hydrogen (secondary N) is 1. The molecule has 32 heavy (non-hydrogen) atoms. The van der Waals surface area contributed by atoms with E-state index in [1.54, 1.807) is 49.5 Å². The molecule has 0 spiro atoms. The molecular weight excluding hydrogens is 416 g/mol. The third-order valence-corrected chi connectivity index (χ3v) is 5.27. The highest BCUT2D eigenvalue weighted by molar-refractivity contribution is 5.97. The van der Waals surface area contributed by atoms with Crippen molar-refractivity contribution < 1.29 is 28.5 Å². The molecule has 2 aromatic carbocycles. The summed E-state index contributed by atoms with van der Waals surface area (Å²) in [5, 5.41) is 0.782. The first-order valence-electron chi connectivity index (χ1n) is 10.00. The molecule has 9 nitrogen and oxygen atoms in total. The van der Waals surface area contributed by atoms with Gasteiger partial charge in [-0.15, -0.1) is 0 Å². The Morgan fingerprint density at radius 2 is 1.84 bits per heavy atom. The fourth-order valence-electron chi connectivity index (χ4n) is 3.56. The Kier molecular flexibility index (Phi) is 6.18. The lowest BCUT2D eigenvalue weighted by atomic mass is 10.1. The standard InChI is InChI=1S/C23H24N2O7/c1-28-7-6-25(23(27)17-5-4-16(29-2)10-19(17)30-3)12-15-8-14-9-20-21(32-13-31-20)11-18(14)24-22(15)26/h4-5,8-11H,6-7,12-13H2,1-3H3,(H,24,26). The Morgan fingerprint density at radius 1 is 1.06 bits per heavy atom. The van der Waals surface area contributed by atoms with Crippen molar-refractivity contribution in [2.24, 2.45) is 0 Å². The quantitative estimate of drug-likeness (QED) is 0.575. The lowest BCUT2D eigenvalue weighted by Gasteiger charge is -2.23. The van der Waals surface area contributed by atoms with E-state index in [-0.39, 0.29) is 24.8 Å². The summed E-state index contributed by atoms with van der Waals surface area (Å²) in [6.45, 7) is 0.848. The number of aromatic nitrogens is 1. The largest absolute Gasteiger partial charge is 0.497 e. The smallest absolute Gasteiger partial charge is 0.258 e. The van der Waals surface area contributed by atoms with Crippen LogP contribution in [-0.4, -0.2) is 57.1 Å². The second-order valence-corrected chi connectivity index (χ2v) is 7.20. The van der Waals surface area contributed by atoms with Crippen LogP contribution in [0.2, 0.25) is 0 Å². The molecular formula is C23H24N2O7. The van der Waals surface area contributed by atoms with E-state index in [0.717, 1.165) is 5.39 Å². The molecule has 0 radical (unpaired) electrons. The SMILES string of the molecule is COCCN(Cc1cc2cc3c(cc2[nH]c1=O)OCO3)C(=O)c1ccc(OC)cc1OC. The summed E-state index contributed by atoms with van der Waals surface area (Å²) < 4.78 is 26.6. The maximum absolute atomic E-state index is 13.4.